The van der Waals surface area contributed by atoms with E-state index in [9.17, 15) is 4.79 Å². The fourth-order valence-corrected chi connectivity index (χ4v) is 3.38. The molecule has 0 atom stereocenters. The molecule has 0 N–H and O–H groups in total. The smallest absolute Gasteiger partial charge is 0.306 e. The lowest BCUT2D eigenvalue weighted by molar-refractivity contribution is -0.143. The Balaban J connectivity index is 1.95. The first kappa shape index (κ1) is 20.0. The average molecular weight is 351 g/mol. The molecule has 0 spiro atoms. The summed E-state index contributed by atoms with van der Waals surface area (Å²) in [6.45, 7) is 9.07. The second-order valence-electron chi connectivity index (χ2n) is 7.39. The lowest BCUT2D eigenvalue weighted by Crippen LogP contribution is -2.18. The Morgan fingerprint density at radius 3 is 2.85 bits per heavy atom. The standard InChI is InChI=1S/C23H29NO2/c1-5-26-22(25)15-13-19-12-14-20(24-17-19)10-6-7-11-21-18(2)9-8-16-23(21,3)4/h7,11-12,14,17H,5,8-9,13,15-16H2,1-4H3. The van der Waals surface area contributed by atoms with Crippen LogP contribution in [0.25, 0.3) is 0 Å². The molecule has 2 rings (SSSR count). The van der Waals surface area contributed by atoms with Gasteiger partial charge in [0.05, 0.1) is 6.61 Å². The molecular formula is C23H29NO2. The van der Waals surface area contributed by atoms with E-state index < -0.39 is 0 Å². The zero-order valence-corrected chi connectivity index (χ0v) is 16.4. The summed E-state index contributed by atoms with van der Waals surface area (Å²) in [6.07, 6.45) is 10.6. The van der Waals surface area contributed by atoms with Crippen molar-refractivity contribution < 1.29 is 9.53 Å². The SMILES string of the molecule is CCOC(=O)CCc1ccc(C#CC=CC2=C(C)CCCC2(C)C)nc1. The van der Waals surface area contributed by atoms with Gasteiger partial charge in [-0.15, -0.1) is 0 Å². The van der Waals surface area contributed by atoms with Crippen LogP contribution in [0.2, 0.25) is 0 Å². The summed E-state index contributed by atoms with van der Waals surface area (Å²) >= 11 is 0. The molecule has 3 nitrogen and oxygen atoms in total. The Morgan fingerprint density at radius 1 is 1.38 bits per heavy atom. The summed E-state index contributed by atoms with van der Waals surface area (Å²) in [7, 11) is 0. The molecule has 0 saturated carbocycles. The molecule has 0 aromatic carbocycles. The number of allylic oxidation sites excluding steroid dienone is 4. The predicted molar refractivity (Wildman–Crippen MR) is 106 cm³/mol. The second-order valence-corrected chi connectivity index (χ2v) is 7.39. The molecule has 0 radical (unpaired) electrons. The van der Waals surface area contributed by atoms with Gasteiger partial charge in [-0.05, 0) is 74.1 Å². The third-order valence-electron chi connectivity index (χ3n) is 4.82. The second kappa shape index (κ2) is 9.38. The van der Waals surface area contributed by atoms with Gasteiger partial charge in [-0.1, -0.05) is 37.5 Å². The molecule has 0 aliphatic heterocycles. The Kier molecular flexibility index (Phi) is 7.21. The first-order chi connectivity index (χ1) is 12.4. The topological polar surface area (TPSA) is 39.2 Å². The Morgan fingerprint density at radius 2 is 2.19 bits per heavy atom. The minimum Gasteiger partial charge on any atom is -0.466 e. The molecule has 1 aromatic rings. The number of ether oxygens (including phenoxy) is 1. The zero-order chi connectivity index (χ0) is 19.0. The third kappa shape index (κ3) is 5.88. The van der Waals surface area contributed by atoms with Crippen LogP contribution in [0.5, 0.6) is 0 Å². The molecule has 26 heavy (non-hydrogen) atoms. The van der Waals surface area contributed by atoms with E-state index in [0.717, 1.165) is 11.3 Å². The van der Waals surface area contributed by atoms with Gasteiger partial charge >= 0.3 is 5.97 Å². The number of hydrogen-bond acceptors (Lipinski definition) is 3. The van der Waals surface area contributed by atoms with E-state index in [1.807, 2.05) is 25.1 Å². The van der Waals surface area contributed by atoms with Crippen molar-refractivity contribution in [2.75, 3.05) is 6.61 Å². The van der Waals surface area contributed by atoms with Gasteiger partial charge in [0.15, 0.2) is 0 Å². The highest BCUT2D eigenvalue weighted by molar-refractivity contribution is 5.69. The van der Waals surface area contributed by atoms with Gasteiger partial charge in [0.1, 0.15) is 5.69 Å². The number of nitrogens with zero attached hydrogens (tertiary/aromatic N) is 1. The van der Waals surface area contributed by atoms with Crippen molar-refractivity contribution in [2.24, 2.45) is 5.41 Å². The van der Waals surface area contributed by atoms with Gasteiger partial charge in [-0.25, -0.2) is 4.98 Å². The first-order valence-electron chi connectivity index (χ1n) is 9.41. The number of carbonyl (C=O) groups excluding carboxylic acids is 1. The molecule has 1 aromatic heterocycles. The maximum absolute atomic E-state index is 11.4. The Bertz CT molecular complexity index is 743. The molecule has 1 aliphatic rings. The van der Waals surface area contributed by atoms with Crippen LogP contribution in [-0.2, 0) is 16.0 Å². The monoisotopic (exact) mass is 351 g/mol. The first-order valence-corrected chi connectivity index (χ1v) is 9.41. The zero-order valence-electron chi connectivity index (χ0n) is 16.4. The number of aryl methyl sites for hydroxylation is 1. The molecule has 0 bridgehead atoms. The van der Waals surface area contributed by atoms with E-state index in [2.05, 4.69) is 43.7 Å². The predicted octanol–water partition coefficient (Wildman–Crippen LogP) is 5.01. The van der Waals surface area contributed by atoms with E-state index in [1.54, 1.807) is 6.20 Å². The largest absolute Gasteiger partial charge is 0.466 e. The molecule has 1 heterocycles. The van der Waals surface area contributed by atoms with Crippen LogP contribution in [0.3, 0.4) is 0 Å². The molecule has 1 aliphatic carbocycles. The number of carbonyl (C=O) groups is 1. The van der Waals surface area contributed by atoms with Crippen molar-refractivity contribution in [3.63, 3.8) is 0 Å². The summed E-state index contributed by atoms with van der Waals surface area (Å²) in [6, 6.07) is 3.87. The van der Waals surface area contributed by atoms with Crippen LogP contribution >= 0.6 is 0 Å². The normalized spacial score (nSPS) is 16.3. The quantitative estimate of drug-likeness (QED) is 0.553. The molecule has 0 saturated heterocycles. The molecule has 0 unspecified atom stereocenters. The Hall–Kier alpha value is -2.34. The summed E-state index contributed by atoms with van der Waals surface area (Å²) in [4.78, 5) is 15.7. The average Bonchev–Trinajstić information content (AvgIpc) is 2.60. The highest BCUT2D eigenvalue weighted by atomic mass is 16.5. The number of aromatic nitrogens is 1. The highest BCUT2D eigenvalue weighted by Gasteiger charge is 2.26. The summed E-state index contributed by atoms with van der Waals surface area (Å²) < 4.78 is 4.93. The van der Waals surface area contributed by atoms with Gasteiger partial charge in [-0.2, -0.15) is 0 Å². The highest BCUT2D eigenvalue weighted by Crippen LogP contribution is 2.40. The molecule has 138 valence electrons. The lowest BCUT2D eigenvalue weighted by Gasteiger charge is -2.32. The molecule has 0 amide bonds. The molecular weight excluding hydrogens is 322 g/mol. The van der Waals surface area contributed by atoms with Crippen molar-refractivity contribution in [1.82, 2.24) is 4.98 Å². The lowest BCUT2D eigenvalue weighted by atomic mass is 9.73. The van der Waals surface area contributed by atoms with Crippen LogP contribution < -0.4 is 0 Å². The van der Waals surface area contributed by atoms with Crippen LogP contribution in [0.4, 0.5) is 0 Å². The van der Waals surface area contributed by atoms with Gasteiger partial charge in [0.25, 0.3) is 0 Å². The van der Waals surface area contributed by atoms with E-state index in [4.69, 9.17) is 4.74 Å². The van der Waals surface area contributed by atoms with E-state index in [-0.39, 0.29) is 11.4 Å². The van der Waals surface area contributed by atoms with E-state index >= 15 is 0 Å². The van der Waals surface area contributed by atoms with Gasteiger partial charge in [-0.3, -0.25) is 4.79 Å². The fraction of sp³-hybridized carbons (Fsp3) is 0.478. The van der Waals surface area contributed by atoms with Crippen molar-refractivity contribution in [3.05, 3.63) is 52.9 Å². The number of hydrogen-bond donors (Lipinski definition) is 0. The van der Waals surface area contributed by atoms with Crippen LogP contribution in [-0.4, -0.2) is 17.6 Å². The van der Waals surface area contributed by atoms with Crippen LogP contribution in [0.15, 0.2) is 41.6 Å². The van der Waals surface area contributed by atoms with Crippen molar-refractivity contribution >= 4 is 5.97 Å². The summed E-state index contributed by atoms with van der Waals surface area (Å²) in [5.74, 6) is 6.00. The fourth-order valence-electron chi connectivity index (χ4n) is 3.38. The van der Waals surface area contributed by atoms with Crippen LogP contribution in [0.1, 0.15) is 64.6 Å². The van der Waals surface area contributed by atoms with Crippen molar-refractivity contribution in [1.29, 1.82) is 0 Å². The van der Waals surface area contributed by atoms with Gasteiger partial charge < -0.3 is 4.74 Å². The van der Waals surface area contributed by atoms with Gasteiger partial charge in [0.2, 0.25) is 0 Å². The van der Waals surface area contributed by atoms with Crippen molar-refractivity contribution in [3.8, 4) is 11.8 Å². The maximum Gasteiger partial charge on any atom is 0.306 e. The van der Waals surface area contributed by atoms with E-state index in [1.165, 1.54) is 30.4 Å². The van der Waals surface area contributed by atoms with Gasteiger partial charge in [0, 0.05) is 12.6 Å². The van der Waals surface area contributed by atoms with Crippen LogP contribution in [0, 0.1) is 17.3 Å². The number of pyridine rings is 1. The molecule has 0 fully saturated rings. The summed E-state index contributed by atoms with van der Waals surface area (Å²) in [5, 5.41) is 0. The number of esters is 1. The van der Waals surface area contributed by atoms with Crippen molar-refractivity contribution in [2.45, 2.75) is 59.8 Å². The summed E-state index contributed by atoms with van der Waals surface area (Å²) in [5.41, 5.74) is 4.88. The minimum absolute atomic E-state index is 0.170. The molecule has 3 heteroatoms. The third-order valence-corrected chi connectivity index (χ3v) is 4.82. The van der Waals surface area contributed by atoms with E-state index in [0.29, 0.717) is 19.4 Å². The minimum atomic E-state index is -0.170. The number of rotatable bonds is 5. The Labute approximate surface area is 157 Å². The maximum atomic E-state index is 11.4.